The Morgan fingerprint density at radius 2 is 1.95 bits per heavy atom. The van der Waals surface area contributed by atoms with Crippen molar-refractivity contribution >= 4 is 5.69 Å². The van der Waals surface area contributed by atoms with Crippen LogP contribution in [0.25, 0.3) is 11.1 Å². The second kappa shape index (κ2) is 5.33. The third-order valence-electron chi connectivity index (χ3n) is 3.47. The fraction of sp³-hybridized carbons (Fsp3) is 0.200. The van der Waals surface area contributed by atoms with Gasteiger partial charge in [-0.05, 0) is 32.4 Å². The molecule has 0 aliphatic heterocycles. The summed E-state index contributed by atoms with van der Waals surface area (Å²) < 4.78 is 0. The number of rotatable bonds is 2. The quantitative estimate of drug-likeness (QED) is 0.651. The molecule has 0 saturated carbocycles. The molecule has 1 aromatic heterocycles. The molecule has 2 rings (SSSR count). The number of H-pyrrole nitrogens is 1. The van der Waals surface area contributed by atoms with E-state index in [2.05, 4.69) is 4.98 Å². The van der Waals surface area contributed by atoms with Crippen molar-refractivity contribution in [3.05, 3.63) is 55.0 Å². The first-order chi connectivity index (χ1) is 10.3. The lowest BCUT2D eigenvalue weighted by Gasteiger charge is -2.13. The molecule has 0 unspecified atom stereocenters. The number of aromatic hydroxyl groups is 1. The zero-order valence-corrected chi connectivity index (χ0v) is 12.2. The van der Waals surface area contributed by atoms with Crippen LogP contribution in [0.4, 0.5) is 5.69 Å². The molecule has 0 aliphatic carbocycles. The molecule has 112 valence electrons. The molecule has 0 radical (unpaired) electrons. The number of nitrogens with one attached hydrogen (secondary N) is 1. The highest BCUT2D eigenvalue weighted by Crippen LogP contribution is 2.40. The van der Waals surface area contributed by atoms with Crippen molar-refractivity contribution in [2.75, 3.05) is 0 Å². The van der Waals surface area contributed by atoms with Crippen LogP contribution in [0.1, 0.15) is 22.4 Å². The smallest absolute Gasteiger partial charge is 0.273 e. The lowest BCUT2D eigenvalue weighted by atomic mass is 9.93. The number of aromatic nitrogens is 1. The van der Waals surface area contributed by atoms with Gasteiger partial charge in [-0.15, -0.1) is 0 Å². The summed E-state index contributed by atoms with van der Waals surface area (Å²) in [5.41, 5.74) is 0.352. The lowest BCUT2D eigenvalue weighted by molar-refractivity contribution is -0.385. The van der Waals surface area contributed by atoms with Crippen LogP contribution >= 0.6 is 0 Å². The van der Waals surface area contributed by atoms with E-state index in [9.17, 15) is 25.3 Å². The number of aromatic amines is 1. The van der Waals surface area contributed by atoms with Crippen LogP contribution in [0.15, 0.2) is 16.9 Å². The summed E-state index contributed by atoms with van der Waals surface area (Å²) in [6, 6.07) is 4.57. The van der Waals surface area contributed by atoms with Crippen LogP contribution in [0.2, 0.25) is 0 Å². The molecule has 0 fully saturated rings. The van der Waals surface area contributed by atoms with Crippen LogP contribution in [0.5, 0.6) is 5.75 Å². The predicted octanol–water partition coefficient (Wildman–Crippen LogP) is 2.45. The molecule has 1 aromatic carbocycles. The predicted molar refractivity (Wildman–Crippen MR) is 79.7 cm³/mol. The second-order valence-electron chi connectivity index (χ2n) is 5.00. The number of hydrogen-bond donors (Lipinski definition) is 2. The fourth-order valence-corrected chi connectivity index (χ4v) is 2.40. The van der Waals surface area contributed by atoms with Gasteiger partial charge in [0.15, 0.2) is 0 Å². The summed E-state index contributed by atoms with van der Waals surface area (Å²) in [5, 5.41) is 30.6. The molecule has 22 heavy (non-hydrogen) atoms. The van der Waals surface area contributed by atoms with Gasteiger partial charge in [0, 0.05) is 28.5 Å². The van der Waals surface area contributed by atoms with Gasteiger partial charge in [0.1, 0.15) is 17.4 Å². The standard InChI is InChI=1S/C15H13N3O4/c1-7-4-12(18(21)22)9(3)13(14(7)19)10-5-8(2)17-15(20)11(10)6-16/h4-5,19H,1-3H3,(H,17,20). The van der Waals surface area contributed by atoms with E-state index in [1.165, 1.54) is 26.0 Å². The monoisotopic (exact) mass is 299 g/mol. The maximum Gasteiger partial charge on any atom is 0.273 e. The molecule has 1 heterocycles. The van der Waals surface area contributed by atoms with E-state index in [-0.39, 0.29) is 33.7 Å². The first-order valence-electron chi connectivity index (χ1n) is 6.39. The molecular weight excluding hydrogens is 286 g/mol. The van der Waals surface area contributed by atoms with Crippen molar-refractivity contribution in [2.24, 2.45) is 0 Å². The van der Waals surface area contributed by atoms with Gasteiger partial charge in [-0.3, -0.25) is 14.9 Å². The SMILES string of the molecule is Cc1cc(-c2c(C)c([N+](=O)[O-])cc(C)c2O)c(C#N)c(=O)[nH]1. The molecule has 0 atom stereocenters. The Kier molecular flexibility index (Phi) is 3.70. The maximum absolute atomic E-state index is 11.9. The summed E-state index contributed by atoms with van der Waals surface area (Å²) in [6.07, 6.45) is 0. The highest BCUT2D eigenvalue weighted by atomic mass is 16.6. The number of aryl methyl sites for hydroxylation is 2. The number of pyridine rings is 1. The van der Waals surface area contributed by atoms with E-state index < -0.39 is 10.5 Å². The van der Waals surface area contributed by atoms with Crippen LogP contribution in [-0.2, 0) is 0 Å². The topological polar surface area (TPSA) is 120 Å². The molecule has 7 nitrogen and oxygen atoms in total. The molecule has 0 aliphatic rings. The number of nitriles is 1. The molecule has 0 spiro atoms. The first kappa shape index (κ1) is 15.3. The molecule has 0 saturated heterocycles. The van der Waals surface area contributed by atoms with Gasteiger partial charge in [0.2, 0.25) is 0 Å². The zero-order valence-electron chi connectivity index (χ0n) is 12.2. The number of hydrogen-bond acceptors (Lipinski definition) is 5. The van der Waals surface area contributed by atoms with Crippen molar-refractivity contribution in [3.63, 3.8) is 0 Å². The molecule has 2 aromatic rings. The maximum atomic E-state index is 11.9. The van der Waals surface area contributed by atoms with E-state index in [1.807, 2.05) is 0 Å². The summed E-state index contributed by atoms with van der Waals surface area (Å²) in [7, 11) is 0. The first-order valence-corrected chi connectivity index (χ1v) is 6.39. The number of phenolic OH excluding ortho intramolecular Hbond substituents is 1. The fourth-order valence-electron chi connectivity index (χ4n) is 2.40. The van der Waals surface area contributed by atoms with Gasteiger partial charge in [0.25, 0.3) is 11.2 Å². The Balaban J connectivity index is 2.99. The van der Waals surface area contributed by atoms with Crippen LogP contribution in [0.3, 0.4) is 0 Å². The number of phenols is 1. The number of nitro benzene ring substituents is 1. The average molecular weight is 299 g/mol. The minimum atomic E-state index is -0.597. The second-order valence-corrected chi connectivity index (χ2v) is 5.00. The van der Waals surface area contributed by atoms with Gasteiger partial charge >= 0.3 is 0 Å². The van der Waals surface area contributed by atoms with Crippen molar-refractivity contribution in [3.8, 4) is 22.9 Å². The Morgan fingerprint density at radius 1 is 1.32 bits per heavy atom. The number of benzene rings is 1. The largest absolute Gasteiger partial charge is 0.507 e. The highest BCUT2D eigenvalue weighted by molar-refractivity contribution is 5.82. The minimum Gasteiger partial charge on any atom is -0.507 e. The molecule has 7 heteroatoms. The minimum absolute atomic E-state index is 0.137. The average Bonchev–Trinajstić information content (AvgIpc) is 2.42. The third-order valence-corrected chi connectivity index (χ3v) is 3.47. The van der Waals surface area contributed by atoms with E-state index >= 15 is 0 Å². The summed E-state index contributed by atoms with van der Waals surface area (Å²) in [4.78, 5) is 25.0. The van der Waals surface area contributed by atoms with Crippen molar-refractivity contribution in [1.29, 1.82) is 5.26 Å². The zero-order chi connectivity index (χ0) is 16.6. The number of nitrogens with zero attached hydrogens (tertiary/aromatic N) is 2. The summed E-state index contributed by atoms with van der Waals surface area (Å²) in [5.74, 6) is -0.176. The van der Waals surface area contributed by atoms with Gasteiger partial charge in [-0.1, -0.05) is 0 Å². The van der Waals surface area contributed by atoms with Gasteiger partial charge in [-0.2, -0.15) is 5.26 Å². The highest BCUT2D eigenvalue weighted by Gasteiger charge is 2.24. The third kappa shape index (κ3) is 2.31. The summed E-state index contributed by atoms with van der Waals surface area (Å²) in [6.45, 7) is 4.63. The normalized spacial score (nSPS) is 10.3. The van der Waals surface area contributed by atoms with Gasteiger partial charge in [-0.25, -0.2) is 0 Å². The van der Waals surface area contributed by atoms with Crippen molar-refractivity contribution in [1.82, 2.24) is 4.98 Å². The van der Waals surface area contributed by atoms with Crippen LogP contribution in [-0.4, -0.2) is 15.0 Å². The molecule has 0 amide bonds. The van der Waals surface area contributed by atoms with E-state index in [0.717, 1.165) is 0 Å². The van der Waals surface area contributed by atoms with Gasteiger partial charge < -0.3 is 10.1 Å². The number of nitro groups is 1. The molecule has 2 N–H and O–H groups in total. The molecule has 0 bridgehead atoms. The Hall–Kier alpha value is -3.14. The van der Waals surface area contributed by atoms with E-state index in [0.29, 0.717) is 11.3 Å². The van der Waals surface area contributed by atoms with Gasteiger partial charge in [0.05, 0.1) is 4.92 Å². The Labute approximate surface area is 125 Å². The Bertz CT molecular complexity index is 891. The molecular formula is C15H13N3O4. The summed E-state index contributed by atoms with van der Waals surface area (Å²) >= 11 is 0. The van der Waals surface area contributed by atoms with Crippen LogP contribution in [0, 0.1) is 42.2 Å². The van der Waals surface area contributed by atoms with Crippen molar-refractivity contribution < 1.29 is 10.0 Å². The van der Waals surface area contributed by atoms with E-state index in [1.54, 1.807) is 13.0 Å². The lowest BCUT2D eigenvalue weighted by Crippen LogP contribution is -2.13. The van der Waals surface area contributed by atoms with Crippen molar-refractivity contribution in [2.45, 2.75) is 20.8 Å². The Morgan fingerprint density at radius 3 is 2.50 bits per heavy atom. The van der Waals surface area contributed by atoms with E-state index in [4.69, 9.17) is 0 Å². The van der Waals surface area contributed by atoms with Crippen LogP contribution < -0.4 is 5.56 Å².